The highest BCUT2D eigenvalue weighted by Crippen LogP contribution is 2.31. The molecule has 0 bridgehead atoms. The molecule has 5 heteroatoms. The first-order chi connectivity index (χ1) is 21.1. The summed E-state index contributed by atoms with van der Waals surface area (Å²) in [5.41, 5.74) is -0.546. The van der Waals surface area contributed by atoms with Gasteiger partial charge < -0.3 is 24.1 Å². The van der Waals surface area contributed by atoms with Crippen molar-refractivity contribution in [3.05, 3.63) is 59.7 Å². The highest BCUT2D eigenvalue weighted by atomic mass is 16.5. The Balaban J connectivity index is 1.76. The molecule has 1 unspecified atom stereocenters. The highest BCUT2D eigenvalue weighted by molar-refractivity contribution is 5.47. The van der Waals surface area contributed by atoms with Gasteiger partial charge in [0.1, 0.15) is 37.4 Å². The standard InChI is InChI=1S/C38H22O5/c1-4-6-7-8-9-10-11-12-13-14-15-16-17-18-19-20-29-41-31-33-43-37-27-23-35(24-28-37)38(39,5-2)34-21-25-36(26-22-34)42-32-30-40-3/h1-2,21-28,39H,30-33H2,3H3. The van der Waals surface area contributed by atoms with Crippen molar-refractivity contribution in [3.8, 4) is 131 Å². The molecule has 1 N–H and O–H groups in total. The van der Waals surface area contributed by atoms with Crippen molar-refractivity contribution in [2.45, 2.75) is 5.60 Å². The second-order valence-corrected chi connectivity index (χ2v) is 7.56. The molecule has 2 rings (SSSR count). The molecular formula is C38H22O5. The molecule has 5 nitrogen and oxygen atoms in total. The molecule has 1 atom stereocenters. The topological polar surface area (TPSA) is 57.2 Å². The number of terminal acetylenes is 2. The molecule has 204 valence electrons. The second-order valence-electron chi connectivity index (χ2n) is 7.56. The fourth-order valence-corrected chi connectivity index (χ4v) is 2.92. The summed E-state index contributed by atoms with van der Waals surface area (Å²) in [6.07, 6.45) is 13.1. The average Bonchev–Trinajstić information content (AvgIpc) is 3.04. The monoisotopic (exact) mass is 558 g/mol. The summed E-state index contributed by atoms with van der Waals surface area (Å²) in [5, 5.41) is 11.2. The Hall–Kier alpha value is -6.64. The minimum absolute atomic E-state index is 0.214. The average molecular weight is 559 g/mol. The van der Waals surface area contributed by atoms with Gasteiger partial charge in [0.05, 0.1) is 6.61 Å². The van der Waals surface area contributed by atoms with Crippen LogP contribution in [0.5, 0.6) is 11.5 Å². The summed E-state index contributed by atoms with van der Waals surface area (Å²) in [6.45, 7) is 1.36. The van der Waals surface area contributed by atoms with Crippen LogP contribution in [0, 0.1) is 120 Å². The van der Waals surface area contributed by atoms with Crippen LogP contribution in [-0.2, 0) is 15.1 Å². The van der Waals surface area contributed by atoms with Crippen molar-refractivity contribution in [3.63, 3.8) is 0 Å². The quantitative estimate of drug-likeness (QED) is 0.359. The van der Waals surface area contributed by atoms with Crippen LogP contribution in [-0.4, -0.2) is 38.6 Å². The van der Waals surface area contributed by atoms with E-state index >= 15 is 0 Å². The zero-order valence-corrected chi connectivity index (χ0v) is 23.2. The van der Waals surface area contributed by atoms with Crippen LogP contribution >= 0.6 is 0 Å². The third-order valence-electron chi connectivity index (χ3n) is 4.83. The molecule has 0 amide bonds. The van der Waals surface area contributed by atoms with E-state index in [0.29, 0.717) is 35.8 Å². The molecule has 0 saturated heterocycles. The van der Waals surface area contributed by atoms with Gasteiger partial charge in [-0.2, -0.15) is 0 Å². The molecule has 0 aliphatic carbocycles. The lowest BCUT2D eigenvalue weighted by Crippen LogP contribution is -2.25. The molecule has 0 saturated carbocycles. The molecule has 0 aliphatic rings. The van der Waals surface area contributed by atoms with Crippen molar-refractivity contribution >= 4 is 0 Å². The number of aliphatic hydroxyl groups is 1. The first-order valence-corrected chi connectivity index (χ1v) is 12.4. The van der Waals surface area contributed by atoms with E-state index in [2.05, 4.69) is 107 Å². The summed E-state index contributed by atoms with van der Waals surface area (Å²) in [7, 11) is 1.60. The number of hydrogen-bond acceptors (Lipinski definition) is 5. The van der Waals surface area contributed by atoms with Crippen molar-refractivity contribution in [1.82, 2.24) is 0 Å². The Morgan fingerprint density at radius 1 is 0.558 bits per heavy atom. The Labute approximate surface area is 253 Å². The van der Waals surface area contributed by atoms with E-state index in [1.807, 2.05) is 0 Å². The van der Waals surface area contributed by atoms with E-state index in [9.17, 15) is 5.11 Å². The van der Waals surface area contributed by atoms with E-state index in [1.54, 1.807) is 55.6 Å². The van der Waals surface area contributed by atoms with Gasteiger partial charge in [0.15, 0.2) is 5.60 Å². The van der Waals surface area contributed by atoms with E-state index in [-0.39, 0.29) is 13.2 Å². The number of benzene rings is 2. The predicted molar refractivity (Wildman–Crippen MR) is 165 cm³/mol. The molecule has 0 heterocycles. The van der Waals surface area contributed by atoms with Gasteiger partial charge in [-0.25, -0.2) is 0 Å². The van der Waals surface area contributed by atoms with Crippen molar-refractivity contribution in [1.29, 1.82) is 0 Å². The van der Waals surface area contributed by atoms with E-state index in [1.165, 1.54) is 0 Å². The molecule has 0 aromatic heterocycles. The fourth-order valence-electron chi connectivity index (χ4n) is 2.92. The molecule has 2 aromatic rings. The maximum absolute atomic E-state index is 11.2. The Morgan fingerprint density at radius 2 is 0.953 bits per heavy atom. The van der Waals surface area contributed by atoms with Gasteiger partial charge in [-0.3, -0.25) is 0 Å². The van der Waals surface area contributed by atoms with Gasteiger partial charge in [-0.15, -0.1) is 12.8 Å². The van der Waals surface area contributed by atoms with Gasteiger partial charge >= 0.3 is 0 Å². The van der Waals surface area contributed by atoms with Gasteiger partial charge in [-0.05, 0) is 71.6 Å². The van der Waals surface area contributed by atoms with Crippen molar-refractivity contribution < 1.29 is 24.1 Å². The first-order valence-electron chi connectivity index (χ1n) is 12.4. The molecule has 0 radical (unpaired) electrons. The number of ether oxygens (including phenoxy) is 4. The largest absolute Gasteiger partial charge is 0.491 e. The molecular weight excluding hydrogens is 536 g/mol. The maximum Gasteiger partial charge on any atom is 0.176 e. The van der Waals surface area contributed by atoms with Crippen LogP contribution in [0.25, 0.3) is 0 Å². The van der Waals surface area contributed by atoms with Crippen LogP contribution < -0.4 is 9.47 Å². The molecule has 0 fully saturated rings. The Morgan fingerprint density at radius 3 is 1.35 bits per heavy atom. The van der Waals surface area contributed by atoms with Crippen LogP contribution in [0.15, 0.2) is 48.5 Å². The number of methoxy groups -OCH3 is 1. The fraction of sp³-hybridized carbons (Fsp3) is 0.158. The van der Waals surface area contributed by atoms with Gasteiger partial charge in [0, 0.05) is 65.6 Å². The minimum Gasteiger partial charge on any atom is -0.491 e. The van der Waals surface area contributed by atoms with E-state index in [4.69, 9.17) is 31.8 Å². The maximum atomic E-state index is 11.2. The smallest absolute Gasteiger partial charge is 0.176 e. The summed E-state index contributed by atoms with van der Waals surface area (Å²) in [6, 6.07) is 13.8. The molecule has 2 aromatic carbocycles. The van der Waals surface area contributed by atoms with Gasteiger partial charge in [0.2, 0.25) is 0 Å². The molecule has 0 spiro atoms. The highest BCUT2D eigenvalue weighted by Gasteiger charge is 2.29. The number of hydrogen-bond donors (Lipinski definition) is 1. The van der Waals surface area contributed by atoms with Crippen molar-refractivity contribution in [2.24, 2.45) is 0 Å². The summed E-state index contributed by atoms with van der Waals surface area (Å²) in [5.74, 6) is 43.1. The van der Waals surface area contributed by atoms with E-state index < -0.39 is 5.60 Å². The summed E-state index contributed by atoms with van der Waals surface area (Å²) < 4.78 is 21.3. The van der Waals surface area contributed by atoms with Crippen LogP contribution in [0.4, 0.5) is 0 Å². The second kappa shape index (κ2) is 20.3. The zero-order valence-electron chi connectivity index (χ0n) is 23.2. The van der Waals surface area contributed by atoms with Crippen LogP contribution in [0.2, 0.25) is 0 Å². The molecule has 0 aliphatic heterocycles. The third kappa shape index (κ3) is 12.8. The number of rotatable bonds is 10. The normalized spacial score (nSPS) is 9.21. The Kier molecular flexibility index (Phi) is 15.4. The van der Waals surface area contributed by atoms with Crippen LogP contribution in [0.3, 0.4) is 0 Å². The first kappa shape index (κ1) is 32.6. The lowest BCUT2D eigenvalue weighted by Gasteiger charge is -2.24. The lowest BCUT2D eigenvalue weighted by molar-refractivity contribution is 0.143. The summed E-state index contributed by atoms with van der Waals surface area (Å²) in [4.78, 5) is 0. The Bertz CT molecular complexity index is 1840. The summed E-state index contributed by atoms with van der Waals surface area (Å²) >= 11 is 0. The van der Waals surface area contributed by atoms with E-state index in [0.717, 1.165) is 0 Å². The zero-order chi connectivity index (χ0) is 30.9. The minimum atomic E-state index is -1.61. The third-order valence-corrected chi connectivity index (χ3v) is 4.83. The SMILES string of the molecule is C#CC#CC#CC#CC#CC#CC#CC#CC#COCCOc1ccc(C(O)(C#C)c2ccc(OCCOC)cc2)cc1. The molecule has 43 heavy (non-hydrogen) atoms. The van der Waals surface area contributed by atoms with Gasteiger partial charge in [0.25, 0.3) is 0 Å². The van der Waals surface area contributed by atoms with Gasteiger partial charge in [-0.1, -0.05) is 30.2 Å². The lowest BCUT2D eigenvalue weighted by atomic mass is 9.87. The predicted octanol–water partition coefficient (Wildman–Crippen LogP) is 2.59. The van der Waals surface area contributed by atoms with Crippen molar-refractivity contribution in [2.75, 3.05) is 33.5 Å². The van der Waals surface area contributed by atoms with Crippen LogP contribution in [0.1, 0.15) is 11.1 Å².